The first-order valence-corrected chi connectivity index (χ1v) is 11.7. The zero-order valence-corrected chi connectivity index (χ0v) is 20.0. The Balaban J connectivity index is 1.53. The quantitative estimate of drug-likeness (QED) is 0.179. The molecule has 184 valence electrons. The molecule has 1 saturated heterocycles. The van der Waals surface area contributed by atoms with E-state index in [1.54, 1.807) is 43.3 Å². The number of ether oxygens (including phenoxy) is 1. The molecule has 0 spiro atoms. The molecule has 0 radical (unpaired) electrons. The van der Waals surface area contributed by atoms with Gasteiger partial charge >= 0.3 is 5.97 Å². The lowest BCUT2D eigenvalue weighted by Gasteiger charge is -2.20. The van der Waals surface area contributed by atoms with Gasteiger partial charge in [0.2, 0.25) is 0 Å². The van der Waals surface area contributed by atoms with Crippen molar-refractivity contribution in [3.63, 3.8) is 0 Å². The van der Waals surface area contributed by atoms with Crippen molar-refractivity contribution in [3.8, 4) is 0 Å². The highest BCUT2D eigenvalue weighted by Gasteiger charge is 2.54. The topological polar surface area (TPSA) is 123 Å². The number of anilines is 1. The lowest BCUT2D eigenvalue weighted by atomic mass is 9.84. The maximum absolute atomic E-state index is 13.4. The highest BCUT2D eigenvalue weighted by molar-refractivity contribution is 6.31. The minimum absolute atomic E-state index is 0.00744. The molecule has 2 aliphatic rings. The largest absolute Gasteiger partial charge is 0.465 e. The van der Waals surface area contributed by atoms with Crippen LogP contribution in [0.4, 0.5) is 11.4 Å². The first-order valence-electron chi connectivity index (χ1n) is 11.7. The van der Waals surface area contributed by atoms with Crippen molar-refractivity contribution in [2.45, 2.75) is 19.9 Å². The molecule has 1 heterocycles. The summed E-state index contributed by atoms with van der Waals surface area (Å²) in [6.07, 6.45) is 0. The average Bonchev–Trinajstić information content (AvgIpc) is 3.15. The summed E-state index contributed by atoms with van der Waals surface area (Å²) in [4.78, 5) is 66.3. The predicted octanol–water partition coefficient (Wildman–Crippen LogP) is 3.98. The Morgan fingerprint density at radius 3 is 2.11 bits per heavy atom. The Labute approximate surface area is 211 Å². The third-order valence-electron chi connectivity index (χ3n) is 6.31. The number of benzene rings is 3. The van der Waals surface area contributed by atoms with E-state index >= 15 is 0 Å². The van der Waals surface area contributed by atoms with Gasteiger partial charge in [-0.05, 0) is 44.2 Å². The summed E-state index contributed by atoms with van der Waals surface area (Å²) in [5.41, 5.74) is 2.28. The van der Waals surface area contributed by atoms with Gasteiger partial charge in [0.1, 0.15) is 0 Å². The fourth-order valence-corrected chi connectivity index (χ4v) is 4.46. The number of aryl methyl sites for hydroxylation is 1. The molecule has 5 rings (SSSR count). The number of imide groups is 1. The van der Waals surface area contributed by atoms with Crippen LogP contribution in [-0.4, -0.2) is 42.0 Å². The third kappa shape index (κ3) is 4.04. The van der Waals surface area contributed by atoms with E-state index < -0.39 is 35.5 Å². The zero-order valence-electron chi connectivity index (χ0n) is 20.0. The Kier molecular flexibility index (Phi) is 6.04. The second-order valence-corrected chi connectivity index (χ2v) is 8.67. The predicted molar refractivity (Wildman–Crippen MR) is 132 cm³/mol. The number of amides is 2. The van der Waals surface area contributed by atoms with Crippen LogP contribution in [0.2, 0.25) is 0 Å². The van der Waals surface area contributed by atoms with E-state index in [-0.39, 0.29) is 34.8 Å². The molecule has 0 aromatic heterocycles. The number of azo groups is 1. The van der Waals surface area contributed by atoms with Gasteiger partial charge in [-0.15, -0.1) is 0 Å². The minimum atomic E-state index is -1.53. The van der Waals surface area contributed by atoms with Crippen molar-refractivity contribution in [2.75, 3.05) is 11.5 Å². The number of fused-ring (bicyclic) bond motifs is 2. The monoisotopic (exact) mass is 495 g/mol. The summed E-state index contributed by atoms with van der Waals surface area (Å²) < 4.78 is 5.05. The molecule has 0 N–H and O–H groups in total. The Hall–Kier alpha value is -4.79. The van der Waals surface area contributed by atoms with Gasteiger partial charge in [0.05, 0.1) is 18.0 Å². The maximum Gasteiger partial charge on any atom is 0.321 e. The van der Waals surface area contributed by atoms with E-state index in [0.29, 0.717) is 11.3 Å². The zero-order chi connectivity index (χ0) is 26.3. The first kappa shape index (κ1) is 23.9. The molecule has 2 atom stereocenters. The van der Waals surface area contributed by atoms with E-state index in [9.17, 15) is 24.0 Å². The van der Waals surface area contributed by atoms with E-state index in [1.807, 2.05) is 19.1 Å². The number of carbonyl (C=O) groups is 5. The number of rotatable bonds is 5. The molecule has 2 unspecified atom stereocenters. The Morgan fingerprint density at radius 2 is 1.46 bits per heavy atom. The van der Waals surface area contributed by atoms with Crippen molar-refractivity contribution in [2.24, 2.45) is 16.1 Å². The number of hydrogen-bond donors (Lipinski definition) is 0. The SMILES string of the molecule is CCOC(=O)C1C(=O)N(c2ccc3c(c2)C(=O)c2ccccc2C3=O)C(=O)C1N=Nc1ccc(C)cc1. The van der Waals surface area contributed by atoms with Gasteiger partial charge in [0.25, 0.3) is 11.8 Å². The molecule has 2 amide bonds. The van der Waals surface area contributed by atoms with Gasteiger partial charge in [0, 0.05) is 22.3 Å². The van der Waals surface area contributed by atoms with Crippen molar-refractivity contribution in [1.29, 1.82) is 0 Å². The summed E-state index contributed by atoms with van der Waals surface area (Å²) in [7, 11) is 0. The van der Waals surface area contributed by atoms with Crippen LogP contribution in [0.1, 0.15) is 44.3 Å². The molecule has 0 bridgehead atoms. The Morgan fingerprint density at radius 1 is 0.838 bits per heavy atom. The highest BCUT2D eigenvalue weighted by Crippen LogP contribution is 2.35. The van der Waals surface area contributed by atoms with Crippen LogP contribution in [0.25, 0.3) is 0 Å². The van der Waals surface area contributed by atoms with Crippen molar-refractivity contribution >= 4 is 40.7 Å². The van der Waals surface area contributed by atoms with Gasteiger partial charge in [0.15, 0.2) is 23.5 Å². The van der Waals surface area contributed by atoms with Gasteiger partial charge in [-0.2, -0.15) is 10.2 Å². The number of nitrogens with zero attached hydrogens (tertiary/aromatic N) is 3. The second-order valence-electron chi connectivity index (χ2n) is 8.67. The first-order chi connectivity index (χ1) is 17.8. The number of esters is 1. The molecule has 3 aromatic rings. The highest BCUT2D eigenvalue weighted by atomic mass is 16.5. The smallest absolute Gasteiger partial charge is 0.321 e. The Bertz CT molecular complexity index is 1510. The average molecular weight is 495 g/mol. The van der Waals surface area contributed by atoms with E-state index in [4.69, 9.17) is 4.74 Å². The summed E-state index contributed by atoms with van der Waals surface area (Å²) in [6, 6.07) is 16.2. The van der Waals surface area contributed by atoms with Crippen LogP contribution in [0.5, 0.6) is 0 Å². The summed E-state index contributed by atoms with van der Waals surface area (Å²) >= 11 is 0. The molecule has 1 fully saturated rings. The van der Waals surface area contributed by atoms with Crippen LogP contribution in [-0.2, 0) is 19.1 Å². The fraction of sp³-hybridized carbons (Fsp3) is 0.179. The molecule has 1 aliphatic heterocycles. The van der Waals surface area contributed by atoms with E-state index in [0.717, 1.165) is 10.5 Å². The molecule has 1 aliphatic carbocycles. The molecular formula is C28H21N3O6. The lowest BCUT2D eigenvalue weighted by molar-refractivity contribution is -0.151. The standard InChI is InChI=1S/C28H21N3O6/c1-3-37-28(36)22-23(30-29-16-10-8-15(2)9-11-16)27(35)31(26(22)34)17-12-13-20-21(14-17)25(33)19-7-5-4-6-18(19)24(20)32/h4-14,22-23H,3H2,1-2H3. The lowest BCUT2D eigenvalue weighted by Crippen LogP contribution is -2.33. The summed E-state index contributed by atoms with van der Waals surface area (Å²) in [5, 5.41) is 8.12. The van der Waals surface area contributed by atoms with Gasteiger partial charge in [-0.25, -0.2) is 4.90 Å². The molecule has 37 heavy (non-hydrogen) atoms. The van der Waals surface area contributed by atoms with Crippen LogP contribution in [0.15, 0.2) is 77.0 Å². The number of ketones is 2. The van der Waals surface area contributed by atoms with Crippen LogP contribution < -0.4 is 4.90 Å². The van der Waals surface area contributed by atoms with Gasteiger partial charge in [-0.3, -0.25) is 24.0 Å². The molecule has 9 heteroatoms. The van der Waals surface area contributed by atoms with Crippen molar-refractivity contribution in [1.82, 2.24) is 0 Å². The van der Waals surface area contributed by atoms with Gasteiger partial charge in [-0.1, -0.05) is 42.0 Å². The van der Waals surface area contributed by atoms with E-state index in [1.165, 1.54) is 18.2 Å². The fourth-order valence-electron chi connectivity index (χ4n) is 4.46. The molecule has 0 saturated carbocycles. The number of carbonyl (C=O) groups excluding carboxylic acids is 5. The van der Waals surface area contributed by atoms with Crippen LogP contribution >= 0.6 is 0 Å². The third-order valence-corrected chi connectivity index (χ3v) is 6.31. The second kappa shape index (κ2) is 9.34. The van der Waals surface area contributed by atoms with Crippen LogP contribution in [0.3, 0.4) is 0 Å². The van der Waals surface area contributed by atoms with Crippen molar-refractivity contribution < 1.29 is 28.7 Å². The van der Waals surface area contributed by atoms with Gasteiger partial charge < -0.3 is 4.74 Å². The minimum Gasteiger partial charge on any atom is -0.465 e. The molecule has 9 nitrogen and oxygen atoms in total. The maximum atomic E-state index is 13.4. The molecule has 3 aromatic carbocycles. The number of hydrogen-bond acceptors (Lipinski definition) is 8. The normalized spacial score (nSPS) is 18.8. The van der Waals surface area contributed by atoms with E-state index in [2.05, 4.69) is 10.2 Å². The molecular weight excluding hydrogens is 474 g/mol. The van der Waals surface area contributed by atoms with Crippen molar-refractivity contribution in [3.05, 3.63) is 94.5 Å². The summed E-state index contributed by atoms with van der Waals surface area (Å²) in [6.45, 7) is 3.50. The van der Waals surface area contributed by atoms with Crippen LogP contribution in [0, 0.1) is 12.8 Å². The summed E-state index contributed by atoms with van der Waals surface area (Å²) in [5.74, 6) is -4.78.